The van der Waals surface area contributed by atoms with E-state index in [0.717, 1.165) is 40.1 Å². The van der Waals surface area contributed by atoms with Gasteiger partial charge in [-0.05, 0) is 77.4 Å². The van der Waals surface area contributed by atoms with Crippen molar-refractivity contribution in [1.29, 1.82) is 0 Å². The maximum atomic E-state index is 12.7. The molecule has 12 heteroatoms. The van der Waals surface area contributed by atoms with Crippen molar-refractivity contribution in [3.8, 4) is 5.69 Å². The molecule has 5 rings (SSSR count). The summed E-state index contributed by atoms with van der Waals surface area (Å²) in [5.74, 6) is 1.71. The first-order chi connectivity index (χ1) is 19.6. The topological polar surface area (TPSA) is 97.6 Å². The molecule has 40 heavy (non-hydrogen) atoms. The Hall–Kier alpha value is -2.94. The Bertz CT molecular complexity index is 1510. The number of hydrogen-bond acceptors (Lipinski definition) is 9. The monoisotopic (exact) mass is 699 g/mol. The second-order valence-electron chi connectivity index (χ2n) is 8.58. The van der Waals surface area contributed by atoms with E-state index in [1.165, 1.54) is 32.2 Å². The van der Waals surface area contributed by atoms with Crippen molar-refractivity contribution in [1.82, 2.24) is 25.0 Å². The van der Waals surface area contributed by atoms with E-state index in [9.17, 15) is 4.79 Å². The van der Waals surface area contributed by atoms with Crippen molar-refractivity contribution in [3.63, 3.8) is 0 Å². The Labute approximate surface area is 258 Å². The lowest BCUT2D eigenvalue weighted by molar-refractivity contribution is -0.113. The predicted molar refractivity (Wildman–Crippen MR) is 173 cm³/mol. The van der Waals surface area contributed by atoms with Gasteiger partial charge in [0.25, 0.3) is 0 Å². The molecule has 3 aromatic carbocycles. The smallest absolute Gasteiger partial charge is 0.236 e. The maximum Gasteiger partial charge on any atom is 0.236 e. The van der Waals surface area contributed by atoms with E-state index in [0.29, 0.717) is 16.8 Å². The number of nitrogens with one attached hydrogen (secondary N) is 2. The zero-order valence-corrected chi connectivity index (χ0v) is 26.0. The van der Waals surface area contributed by atoms with Gasteiger partial charge in [0.05, 0.1) is 12.3 Å². The fourth-order valence-electron chi connectivity index (χ4n) is 3.78. The highest BCUT2D eigenvalue weighted by molar-refractivity contribution is 14.1. The molecule has 0 fully saturated rings. The fourth-order valence-corrected chi connectivity index (χ4v) is 6.69. The normalized spacial score (nSPS) is 10.9. The lowest BCUT2D eigenvalue weighted by atomic mass is 10.1. The molecule has 0 aliphatic rings. The molecule has 0 bridgehead atoms. The first kappa shape index (κ1) is 28.6. The van der Waals surface area contributed by atoms with E-state index in [4.69, 9.17) is 0 Å². The Morgan fingerprint density at radius 1 is 0.875 bits per heavy atom. The number of thioether (sulfide) groups is 2. The van der Waals surface area contributed by atoms with E-state index < -0.39 is 0 Å². The number of hydrogen-bond donors (Lipinski definition) is 2. The second kappa shape index (κ2) is 14.6. The van der Waals surface area contributed by atoms with Crippen LogP contribution in [-0.2, 0) is 17.8 Å². The third-order valence-corrected chi connectivity index (χ3v) is 9.38. The molecule has 5 aromatic rings. The molecule has 0 saturated carbocycles. The highest BCUT2D eigenvalue weighted by Crippen LogP contribution is 2.27. The van der Waals surface area contributed by atoms with Crippen molar-refractivity contribution in [2.45, 2.75) is 28.9 Å². The van der Waals surface area contributed by atoms with Crippen LogP contribution in [0, 0.1) is 3.57 Å². The third kappa shape index (κ3) is 8.29. The lowest BCUT2D eigenvalue weighted by Crippen LogP contribution is -2.14. The number of amides is 1. The summed E-state index contributed by atoms with van der Waals surface area (Å²) in [6.45, 7) is 0.492. The van der Waals surface area contributed by atoms with Gasteiger partial charge in [0, 0.05) is 20.7 Å². The van der Waals surface area contributed by atoms with E-state index in [1.807, 2.05) is 53.1 Å². The predicted octanol–water partition coefficient (Wildman–Crippen LogP) is 6.79. The summed E-state index contributed by atoms with van der Waals surface area (Å²) in [6.07, 6.45) is 2.08. The van der Waals surface area contributed by atoms with Gasteiger partial charge in [0.1, 0.15) is 0 Å². The summed E-state index contributed by atoms with van der Waals surface area (Å²) in [5, 5.41) is 24.6. The number of halogens is 1. The van der Waals surface area contributed by atoms with Gasteiger partial charge >= 0.3 is 0 Å². The van der Waals surface area contributed by atoms with E-state index >= 15 is 0 Å². The molecule has 204 valence electrons. The van der Waals surface area contributed by atoms with Crippen LogP contribution in [0.4, 0.5) is 10.8 Å². The first-order valence-corrected chi connectivity index (χ1v) is 16.4. The minimum absolute atomic E-state index is 0.164. The van der Waals surface area contributed by atoms with Gasteiger partial charge in [-0.3, -0.25) is 14.7 Å². The SMILES string of the molecule is O=C(CSc1nnc(CNc2ccc(I)cc2)n1-c1ccccc1)Nc1nnc(SCCCc2ccccc2)s1. The van der Waals surface area contributed by atoms with Crippen molar-refractivity contribution < 1.29 is 4.79 Å². The Kier molecular flexibility index (Phi) is 10.4. The van der Waals surface area contributed by atoms with E-state index in [2.05, 4.69) is 90.0 Å². The summed E-state index contributed by atoms with van der Waals surface area (Å²) in [5.41, 5.74) is 3.28. The standard InChI is InChI=1S/C28H26IN7OS3/c29-21-13-15-22(16-14-21)30-18-24-32-34-27(36(24)23-11-5-2-6-12-23)39-19-25(37)31-26-33-35-28(40-26)38-17-7-10-20-8-3-1-4-9-20/h1-6,8-9,11-16,30H,7,10,17-19H2,(H,31,33,37). The number of carbonyl (C=O) groups excluding carboxylic acids is 1. The number of anilines is 2. The van der Waals surface area contributed by atoms with Gasteiger partial charge in [0.2, 0.25) is 11.0 Å². The molecule has 2 aromatic heterocycles. The molecule has 1 amide bonds. The minimum atomic E-state index is -0.164. The average Bonchev–Trinajstić information content (AvgIpc) is 3.61. The number of rotatable bonds is 13. The molecule has 0 radical (unpaired) electrons. The highest BCUT2D eigenvalue weighted by Gasteiger charge is 2.17. The van der Waals surface area contributed by atoms with Crippen LogP contribution in [0.1, 0.15) is 17.8 Å². The Balaban J connectivity index is 1.15. The van der Waals surface area contributed by atoms with Gasteiger partial charge in [-0.2, -0.15) is 0 Å². The fraction of sp³-hybridized carbons (Fsp3) is 0.179. The summed E-state index contributed by atoms with van der Waals surface area (Å²) < 4.78 is 4.01. The Morgan fingerprint density at radius 2 is 1.62 bits per heavy atom. The summed E-state index contributed by atoms with van der Waals surface area (Å²) in [6, 6.07) is 28.5. The number of para-hydroxylation sites is 1. The quantitative estimate of drug-likeness (QED) is 0.0601. The van der Waals surface area contributed by atoms with E-state index in [1.54, 1.807) is 11.8 Å². The van der Waals surface area contributed by atoms with E-state index in [-0.39, 0.29) is 11.7 Å². The molecule has 2 N–H and O–H groups in total. The minimum Gasteiger partial charge on any atom is -0.378 e. The third-order valence-electron chi connectivity index (χ3n) is 5.67. The molecule has 8 nitrogen and oxygen atoms in total. The summed E-state index contributed by atoms with van der Waals surface area (Å²) >= 11 is 6.68. The van der Waals surface area contributed by atoms with Crippen LogP contribution < -0.4 is 10.6 Å². The molecule has 0 aliphatic carbocycles. The number of aryl methyl sites for hydroxylation is 1. The van der Waals surface area contributed by atoms with Gasteiger partial charge in [-0.1, -0.05) is 83.4 Å². The van der Waals surface area contributed by atoms with Crippen LogP contribution in [0.5, 0.6) is 0 Å². The zero-order chi connectivity index (χ0) is 27.6. The molecular weight excluding hydrogens is 673 g/mol. The summed E-state index contributed by atoms with van der Waals surface area (Å²) in [7, 11) is 0. The van der Waals surface area contributed by atoms with Gasteiger partial charge in [0.15, 0.2) is 15.3 Å². The van der Waals surface area contributed by atoms with Crippen LogP contribution in [0.15, 0.2) is 94.4 Å². The van der Waals surface area contributed by atoms with Crippen molar-refractivity contribution in [3.05, 3.63) is 99.9 Å². The van der Waals surface area contributed by atoms with Crippen molar-refractivity contribution >= 4 is 74.2 Å². The average molecular weight is 700 g/mol. The van der Waals surface area contributed by atoms with Crippen LogP contribution in [0.2, 0.25) is 0 Å². The van der Waals surface area contributed by atoms with Gasteiger partial charge in [-0.15, -0.1) is 20.4 Å². The maximum absolute atomic E-state index is 12.7. The largest absolute Gasteiger partial charge is 0.378 e. The zero-order valence-electron chi connectivity index (χ0n) is 21.4. The van der Waals surface area contributed by atoms with Gasteiger partial charge in [-0.25, -0.2) is 0 Å². The van der Waals surface area contributed by atoms with Crippen LogP contribution in [0.25, 0.3) is 5.69 Å². The number of aromatic nitrogens is 5. The lowest BCUT2D eigenvalue weighted by Gasteiger charge is -2.11. The van der Waals surface area contributed by atoms with Gasteiger partial charge < -0.3 is 5.32 Å². The molecule has 0 saturated heterocycles. The van der Waals surface area contributed by atoms with Crippen LogP contribution >= 0.6 is 57.5 Å². The van der Waals surface area contributed by atoms with Crippen molar-refractivity contribution in [2.24, 2.45) is 0 Å². The number of benzene rings is 3. The molecule has 0 atom stereocenters. The molecule has 0 spiro atoms. The van der Waals surface area contributed by atoms with Crippen molar-refractivity contribution in [2.75, 3.05) is 22.1 Å². The summed E-state index contributed by atoms with van der Waals surface area (Å²) in [4.78, 5) is 12.7. The van der Waals surface area contributed by atoms with Crippen LogP contribution in [-0.4, -0.2) is 42.4 Å². The molecule has 2 heterocycles. The number of carbonyl (C=O) groups is 1. The molecule has 0 unspecified atom stereocenters. The van der Waals surface area contributed by atoms with Crippen LogP contribution in [0.3, 0.4) is 0 Å². The molecular formula is C28H26IN7OS3. The number of nitrogens with zero attached hydrogens (tertiary/aromatic N) is 5. The second-order valence-corrected chi connectivity index (χ2v) is 13.1. The Morgan fingerprint density at radius 3 is 2.40 bits per heavy atom. The molecule has 0 aliphatic heterocycles. The highest BCUT2D eigenvalue weighted by atomic mass is 127. The first-order valence-electron chi connectivity index (χ1n) is 12.6.